The lowest BCUT2D eigenvalue weighted by molar-refractivity contribution is 0.0834. The van der Waals surface area contributed by atoms with E-state index in [-0.39, 0.29) is 23.1 Å². The van der Waals surface area contributed by atoms with Gasteiger partial charge >= 0.3 is 0 Å². The van der Waals surface area contributed by atoms with E-state index in [4.69, 9.17) is 14.0 Å². The molecule has 2 N–H and O–H groups in total. The maximum absolute atomic E-state index is 13.6. The number of rotatable bonds is 6. The van der Waals surface area contributed by atoms with E-state index < -0.39 is 5.75 Å². The molecule has 1 fully saturated rings. The van der Waals surface area contributed by atoms with Crippen LogP contribution in [0.4, 0.5) is 0 Å². The minimum atomic E-state index is -0.428. The second kappa shape index (κ2) is 9.07. The Morgan fingerprint density at radius 1 is 1.03 bits per heavy atom. The largest absolute Gasteiger partial charge is 0.503 e. The number of ether oxygens (including phenoxy) is 2. The molecule has 2 aromatic heterocycles. The van der Waals surface area contributed by atoms with Crippen LogP contribution in [0.5, 0.6) is 17.4 Å². The summed E-state index contributed by atoms with van der Waals surface area (Å²) < 4.78 is 17.2. The predicted molar refractivity (Wildman–Crippen MR) is 124 cm³/mol. The SMILES string of the molecule is COc1ccc(C(=O)c2c(O)c(O)n(-c3ccc(-c4ccon4)cc3)c2C2CCOCC2)cc1. The minimum Gasteiger partial charge on any atom is -0.503 e. The Morgan fingerprint density at radius 3 is 2.35 bits per heavy atom. The van der Waals surface area contributed by atoms with Crippen LogP contribution in [-0.2, 0) is 4.74 Å². The number of ketones is 1. The van der Waals surface area contributed by atoms with Crippen molar-refractivity contribution in [1.82, 2.24) is 9.72 Å². The van der Waals surface area contributed by atoms with Crippen LogP contribution in [0.15, 0.2) is 65.4 Å². The number of hydrogen-bond donors (Lipinski definition) is 2. The van der Waals surface area contributed by atoms with Gasteiger partial charge in [0.2, 0.25) is 5.88 Å². The highest BCUT2D eigenvalue weighted by Crippen LogP contribution is 2.44. The van der Waals surface area contributed by atoms with E-state index in [0.717, 1.165) is 5.56 Å². The molecule has 0 bridgehead atoms. The Balaban J connectivity index is 1.63. The molecule has 5 rings (SSSR count). The molecule has 0 amide bonds. The van der Waals surface area contributed by atoms with Gasteiger partial charge in [-0.2, -0.15) is 0 Å². The molecule has 3 heterocycles. The summed E-state index contributed by atoms with van der Waals surface area (Å²) in [7, 11) is 1.55. The fourth-order valence-corrected chi connectivity index (χ4v) is 4.44. The highest BCUT2D eigenvalue weighted by molar-refractivity contribution is 6.12. The van der Waals surface area contributed by atoms with E-state index in [2.05, 4.69) is 5.16 Å². The fraction of sp³-hybridized carbons (Fsp3) is 0.231. The summed E-state index contributed by atoms with van der Waals surface area (Å²) >= 11 is 0. The third-order valence-corrected chi connectivity index (χ3v) is 6.20. The summed E-state index contributed by atoms with van der Waals surface area (Å²) in [5.41, 5.74) is 3.23. The van der Waals surface area contributed by atoms with E-state index in [9.17, 15) is 15.0 Å². The van der Waals surface area contributed by atoms with Crippen LogP contribution in [0.1, 0.15) is 40.4 Å². The summed E-state index contributed by atoms with van der Waals surface area (Å²) in [4.78, 5) is 13.6. The zero-order chi connectivity index (χ0) is 23.7. The van der Waals surface area contributed by atoms with Crippen LogP contribution >= 0.6 is 0 Å². The van der Waals surface area contributed by atoms with Gasteiger partial charge in [-0.3, -0.25) is 9.36 Å². The number of nitrogens with zero attached hydrogens (tertiary/aromatic N) is 2. The highest BCUT2D eigenvalue weighted by Gasteiger charge is 2.33. The standard InChI is InChI=1S/C26H24N2O6/c1-32-20-8-4-18(5-9-20)24(29)22-23(17-10-13-33-14-11-17)28(26(31)25(22)30)19-6-2-16(3-7-19)21-12-15-34-27-21/h2-9,12,15,17,30-31H,10-11,13-14H2,1H3. The molecule has 1 saturated heterocycles. The average Bonchev–Trinajstić information content (AvgIpc) is 3.52. The molecular formula is C26H24N2O6. The van der Waals surface area contributed by atoms with Crippen LogP contribution in [0.2, 0.25) is 0 Å². The zero-order valence-electron chi connectivity index (χ0n) is 18.6. The second-order valence-electron chi connectivity index (χ2n) is 8.14. The fourth-order valence-electron chi connectivity index (χ4n) is 4.44. The molecule has 1 aliphatic heterocycles. The van der Waals surface area contributed by atoms with Gasteiger partial charge in [0.25, 0.3) is 0 Å². The second-order valence-corrected chi connectivity index (χ2v) is 8.14. The normalized spacial score (nSPS) is 14.3. The minimum absolute atomic E-state index is 0.0760. The van der Waals surface area contributed by atoms with Gasteiger partial charge < -0.3 is 24.2 Å². The molecular weight excluding hydrogens is 436 g/mol. The van der Waals surface area contributed by atoms with E-state index in [1.165, 1.54) is 6.26 Å². The first-order chi connectivity index (χ1) is 16.6. The Kier molecular flexibility index (Phi) is 5.81. The number of carbonyl (C=O) groups is 1. The molecule has 8 nitrogen and oxygen atoms in total. The summed E-state index contributed by atoms with van der Waals surface area (Å²) in [6, 6.07) is 15.8. The molecule has 0 aliphatic carbocycles. The summed E-state index contributed by atoms with van der Waals surface area (Å²) in [6.07, 6.45) is 2.84. The van der Waals surface area contributed by atoms with Crippen molar-refractivity contribution in [2.45, 2.75) is 18.8 Å². The van der Waals surface area contributed by atoms with Crippen LogP contribution < -0.4 is 4.74 Å². The van der Waals surface area contributed by atoms with Gasteiger partial charge in [0.05, 0.1) is 12.7 Å². The summed E-state index contributed by atoms with van der Waals surface area (Å²) in [6.45, 7) is 1.08. The predicted octanol–water partition coefficient (Wildman–Crippen LogP) is 4.68. The summed E-state index contributed by atoms with van der Waals surface area (Å²) in [5.74, 6) is -0.614. The quantitative estimate of drug-likeness (QED) is 0.403. The molecule has 0 radical (unpaired) electrons. The van der Waals surface area contributed by atoms with Crippen molar-refractivity contribution in [2.75, 3.05) is 20.3 Å². The lowest BCUT2D eigenvalue weighted by Crippen LogP contribution is -2.19. The number of methoxy groups -OCH3 is 1. The zero-order valence-corrected chi connectivity index (χ0v) is 18.6. The average molecular weight is 460 g/mol. The molecule has 0 saturated carbocycles. The van der Waals surface area contributed by atoms with Crippen molar-refractivity contribution >= 4 is 5.78 Å². The first kappa shape index (κ1) is 21.8. The topological polar surface area (TPSA) is 107 Å². The third-order valence-electron chi connectivity index (χ3n) is 6.20. The molecule has 0 spiro atoms. The number of carbonyl (C=O) groups excluding carboxylic acids is 1. The Labute approximate surface area is 196 Å². The van der Waals surface area contributed by atoms with E-state index in [1.54, 1.807) is 42.0 Å². The molecule has 1 aliphatic rings. The molecule has 34 heavy (non-hydrogen) atoms. The van der Waals surface area contributed by atoms with Gasteiger partial charge in [-0.15, -0.1) is 0 Å². The van der Waals surface area contributed by atoms with Gasteiger partial charge in [0.1, 0.15) is 17.7 Å². The molecule has 0 atom stereocenters. The third kappa shape index (κ3) is 3.82. The van der Waals surface area contributed by atoms with E-state index in [1.807, 2.05) is 24.3 Å². The van der Waals surface area contributed by atoms with Crippen molar-refractivity contribution in [3.63, 3.8) is 0 Å². The number of hydrogen-bond acceptors (Lipinski definition) is 7. The first-order valence-corrected chi connectivity index (χ1v) is 11.0. The Morgan fingerprint density at radius 2 is 1.74 bits per heavy atom. The molecule has 174 valence electrons. The van der Waals surface area contributed by atoms with Gasteiger partial charge in [-0.05, 0) is 49.2 Å². The monoisotopic (exact) mass is 460 g/mol. The van der Waals surface area contributed by atoms with Crippen LogP contribution in [0.3, 0.4) is 0 Å². The van der Waals surface area contributed by atoms with Crippen molar-refractivity contribution in [3.8, 4) is 34.3 Å². The van der Waals surface area contributed by atoms with E-state index in [0.29, 0.717) is 54.4 Å². The number of aromatic nitrogens is 2. The molecule has 4 aromatic rings. The van der Waals surface area contributed by atoms with Crippen molar-refractivity contribution in [3.05, 3.63) is 77.7 Å². The van der Waals surface area contributed by atoms with Crippen LogP contribution in [0.25, 0.3) is 16.9 Å². The lowest BCUT2D eigenvalue weighted by atomic mass is 9.90. The Bertz CT molecular complexity index is 1280. The number of aromatic hydroxyl groups is 2. The van der Waals surface area contributed by atoms with Gasteiger partial charge in [-0.25, -0.2) is 0 Å². The van der Waals surface area contributed by atoms with Crippen molar-refractivity contribution in [2.24, 2.45) is 0 Å². The first-order valence-electron chi connectivity index (χ1n) is 11.0. The van der Waals surface area contributed by atoms with Crippen LogP contribution in [-0.4, -0.2) is 46.0 Å². The van der Waals surface area contributed by atoms with Gasteiger partial charge in [0.15, 0.2) is 11.5 Å². The summed E-state index contributed by atoms with van der Waals surface area (Å²) in [5, 5.41) is 25.9. The smallest absolute Gasteiger partial charge is 0.240 e. The maximum Gasteiger partial charge on any atom is 0.240 e. The maximum atomic E-state index is 13.6. The lowest BCUT2D eigenvalue weighted by Gasteiger charge is -2.25. The van der Waals surface area contributed by atoms with Gasteiger partial charge in [-0.1, -0.05) is 17.3 Å². The Hall–Kier alpha value is -4.04. The number of benzene rings is 2. The van der Waals surface area contributed by atoms with E-state index >= 15 is 0 Å². The highest BCUT2D eigenvalue weighted by atomic mass is 16.5. The van der Waals surface area contributed by atoms with Gasteiger partial charge in [0, 0.05) is 47.7 Å². The van der Waals surface area contributed by atoms with Crippen molar-refractivity contribution in [1.29, 1.82) is 0 Å². The molecule has 8 heteroatoms. The molecule has 2 aromatic carbocycles. The molecule has 0 unspecified atom stereocenters. The van der Waals surface area contributed by atoms with Crippen molar-refractivity contribution < 1.29 is 29.0 Å². The van der Waals surface area contributed by atoms with Crippen LogP contribution in [0, 0.1) is 0 Å².